The van der Waals surface area contributed by atoms with Gasteiger partial charge in [0.2, 0.25) is 5.89 Å². The molecule has 0 spiro atoms. The van der Waals surface area contributed by atoms with Gasteiger partial charge in [-0.3, -0.25) is 0 Å². The van der Waals surface area contributed by atoms with Crippen LogP contribution in [-0.2, 0) is 13.0 Å². The van der Waals surface area contributed by atoms with Crippen LogP contribution in [0.1, 0.15) is 18.6 Å². The normalized spacial score (nSPS) is 10.5. The first-order valence-corrected chi connectivity index (χ1v) is 5.85. The third-order valence-electron chi connectivity index (χ3n) is 2.52. The molecular formula is C12H14F2N4O. The molecule has 0 atom stereocenters. The number of anilines is 2. The second-order valence-corrected chi connectivity index (χ2v) is 3.83. The topological polar surface area (TPSA) is 63.0 Å². The summed E-state index contributed by atoms with van der Waals surface area (Å²) in [6.45, 7) is 2.12. The van der Waals surface area contributed by atoms with Gasteiger partial charge in [0.15, 0.2) is 23.3 Å². The van der Waals surface area contributed by atoms with Crippen molar-refractivity contribution in [2.45, 2.75) is 19.9 Å². The molecule has 0 amide bonds. The van der Waals surface area contributed by atoms with E-state index in [-0.39, 0.29) is 18.2 Å². The summed E-state index contributed by atoms with van der Waals surface area (Å²) in [6.07, 6.45) is 2.35. The number of hydrogen-bond donors (Lipinski definition) is 2. The summed E-state index contributed by atoms with van der Waals surface area (Å²) in [7, 11) is 1.51. The van der Waals surface area contributed by atoms with Gasteiger partial charge in [0.25, 0.3) is 0 Å². The third-order valence-corrected chi connectivity index (χ3v) is 2.52. The zero-order chi connectivity index (χ0) is 13.8. The van der Waals surface area contributed by atoms with Crippen molar-refractivity contribution < 1.29 is 13.2 Å². The van der Waals surface area contributed by atoms with Gasteiger partial charge < -0.3 is 15.1 Å². The SMILES string of the molecule is CCc1cnc(CNc2nc(NC)c(F)cc2F)o1. The van der Waals surface area contributed by atoms with E-state index < -0.39 is 11.6 Å². The highest BCUT2D eigenvalue weighted by molar-refractivity contribution is 5.47. The Balaban J connectivity index is 2.10. The molecule has 0 aromatic carbocycles. The Labute approximate surface area is 109 Å². The van der Waals surface area contributed by atoms with E-state index in [0.29, 0.717) is 5.89 Å². The van der Waals surface area contributed by atoms with E-state index in [1.807, 2.05) is 6.92 Å². The Morgan fingerprint density at radius 2 is 2.00 bits per heavy atom. The standard InChI is InChI=1S/C12H14F2N4O/c1-3-7-5-16-10(19-7)6-17-12-9(14)4-8(13)11(15-2)18-12/h4-5H,3,6H2,1-2H3,(H2,15,17,18). The number of hydrogen-bond acceptors (Lipinski definition) is 5. The van der Waals surface area contributed by atoms with Gasteiger partial charge in [-0.1, -0.05) is 6.92 Å². The Hall–Kier alpha value is -2.18. The van der Waals surface area contributed by atoms with E-state index in [1.165, 1.54) is 7.05 Å². The molecule has 2 aromatic rings. The molecule has 0 aliphatic rings. The molecule has 2 heterocycles. The van der Waals surface area contributed by atoms with Gasteiger partial charge >= 0.3 is 0 Å². The van der Waals surface area contributed by atoms with E-state index in [2.05, 4.69) is 20.6 Å². The van der Waals surface area contributed by atoms with Crippen molar-refractivity contribution in [3.05, 3.63) is 35.5 Å². The van der Waals surface area contributed by atoms with Crippen LogP contribution in [-0.4, -0.2) is 17.0 Å². The number of nitrogens with zero attached hydrogens (tertiary/aromatic N) is 2. The fourth-order valence-corrected chi connectivity index (χ4v) is 1.52. The monoisotopic (exact) mass is 268 g/mol. The van der Waals surface area contributed by atoms with Crippen molar-refractivity contribution in [3.63, 3.8) is 0 Å². The number of aryl methyl sites for hydroxylation is 1. The van der Waals surface area contributed by atoms with Crippen LogP contribution in [0.25, 0.3) is 0 Å². The van der Waals surface area contributed by atoms with Crippen molar-refractivity contribution in [2.75, 3.05) is 17.7 Å². The second-order valence-electron chi connectivity index (χ2n) is 3.83. The summed E-state index contributed by atoms with van der Waals surface area (Å²) >= 11 is 0. The van der Waals surface area contributed by atoms with Crippen LogP contribution < -0.4 is 10.6 Å². The van der Waals surface area contributed by atoms with Crippen LogP contribution in [0.3, 0.4) is 0 Å². The predicted molar refractivity (Wildman–Crippen MR) is 66.9 cm³/mol. The summed E-state index contributed by atoms with van der Waals surface area (Å²) in [5.41, 5.74) is 0. The van der Waals surface area contributed by atoms with E-state index in [1.54, 1.807) is 6.20 Å². The van der Waals surface area contributed by atoms with E-state index >= 15 is 0 Å². The Morgan fingerprint density at radius 1 is 1.26 bits per heavy atom. The summed E-state index contributed by atoms with van der Waals surface area (Å²) in [6, 6.07) is 0.772. The maximum Gasteiger partial charge on any atom is 0.213 e. The molecule has 0 saturated carbocycles. The second kappa shape index (κ2) is 5.64. The van der Waals surface area contributed by atoms with Gasteiger partial charge in [-0.2, -0.15) is 0 Å². The number of oxazole rings is 1. The minimum absolute atomic E-state index is 0.0226. The first kappa shape index (κ1) is 13.3. The van der Waals surface area contributed by atoms with Crippen molar-refractivity contribution in [3.8, 4) is 0 Å². The third kappa shape index (κ3) is 2.98. The number of aromatic nitrogens is 2. The largest absolute Gasteiger partial charge is 0.444 e. The lowest BCUT2D eigenvalue weighted by Gasteiger charge is -2.07. The van der Waals surface area contributed by atoms with Crippen molar-refractivity contribution in [1.82, 2.24) is 9.97 Å². The maximum absolute atomic E-state index is 13.5. The molecule has 0 fully saturated rings. The zero-order valence-electron chi connectivity index (χ0n) is 10.6. The number of halogens is 2. The van der Waals surface area contributed by atoms with Gasteiger partial charge in [0, 0.05) is 19.5 Å². The highest BCUT2D eigenvalue weighted by Gasteiger charge is 2.11. The lowest BCUT2D eigenvalue weighted by Crippen LogP contribution is -2.07. The van der Waals surface area contributed by atoms with Crippen LogP contribution in [0.5, 0.6) is 0 Å². The van der Waals surface area contributed by atoms with E-state index in [9.17, 15) is 8.78 Å². The van der Waals surface area contributed by atoms with Gasteiger partial charge in [0.05, 0.1) is 12.7 Å². The molecule has 0 bridgehead atoms. The molecule has 2 rings (SSSR count). The van der Waals surface area contributed by atoms with Gasteiger partial charge in [0.1, 0.15) is 5.76 Å². The Kier molecular flexibility index (Phi) is 3.94. The first-order chi connectivity index (χ1) is 9.13. The van der Waals surface area contributed by atoms with Crippen LogP contribution in [0, 0.1) is 11.6 Å². The molecular weight excluding hydrogens is 254 g/mol. The molecule has 0 radical (unpaired) electrons. The van der Waals surface area contributed by atoms with Crippen LogP contribution in [0.15, 0.2) is 16.7 Å². The van der Waals surface area contributed by atoms with Crippen LogP contribution in [0.2, 0.25) is 0 Å². The summed E-state index contributed by atoms with van der Waals surface area (Å²) in [5.74, 6) is -0.408. The average Bonchev–Trinajstić information content (AvgIpc) is 2.86. The molecule has 2 aromatic heterocycles. The molecule has 19 heavy (non-hydrogen) atoms. The lowest BCUT2D eigenvalue weighted by atomic mass is 10.4. The maximum atomic E-state index is 13.5. The van der Waals surface area contributed by atoms with Crippen LogP contribution in [0.4, 0.5) is 20.4 Å². The molecule has 5 nitrogen and oxygen atoms in total. The summed E-state index contributed by atoms with van der Waals surface area (Å²) in [4.78, 5) is 7.81. The highest BCUT2D eigenvalue weighted by atomic mass is 19.1. The van der Waals surface area contributed by atoms with Crippen molar-refractivity contribution in [1.29, 1.82) is 0 Å². The molecule has 0 saturated heterocycles. The van der Waals surface area contributed by atoms with E-state index in [0.717, 1.165) is 18.2 Å². The van der Waals surface area contributed by atoms with Crippen molar-refractivity contribution >= 4 is 11.6 Å². The molecule has 2 N–H and O–H groups in total. The Bertz CT molecular complexity index is 571. The molecule has 0 aliphatic carbocycles. The number of nitrogens with one attached hydrogen (secondary N) is 2. The fourth-order valence-electron chi connectivity index (χ4n) is 1.52. The average molecular weight is 268 g/mol. The first-order valence-electron chi connectivity index (χ1n) is 5.85. The number of pyridine rings is 1. The van der Waals surface area contributed by atoms with Crippen molar-refractivity contribution in [2.24, 2.45) is 0 Å². The number of rotatable bonds is 5. The lowest BCUT2D eigenvalue weighted by molar-refractivity contribution is 0.465. The fraction of sp³-hybridized carbons (Fsp3) is 0.333. The van der Waals surface area contributed by atoms with Gasteiger partial charge in [-0.25, -0.2) is 18.7 Å². The molecule has 102 valence electrons. The van der Waals surface area contributed by atoms with Crippen LogP contribution >= 0.6 is 0 Å². The minimum Gasteiger partial charge on any atom is -0.444 e. The quantitative estimate of drug-likeness (QED) is 0.872. The molecule has 0 aliphatic heterocycles. The zero-order valence-corrected chi connectivity index (χ0v) is 10.6. The predicted octanol–water partition coefficient (Wildman–Crippen LogP) is 2.56. The summed E-state index contributed by atoms with van der Waals surface area (Å²) < 4.78 is 32.1. The Morgan fingerprint density at radius 3 is 2.63 bits per heavy atom. The van der Waals surface area contributed by atoms with Gasteiger partial charge in [-0.05, 0) is 0 Å². The smallest absolute Gasteiger partial charge is 0.213 e. The highest BCUT2D eigenvalue weighted by Crippen LogP contribution is 2.19. The van der Waals surface area contributed by atoms with Gasteiger partial charge in [-0.15, -0.1) is 0 Å². The molecule has 7 heteroatoms. The summed E-state index contributed by atoms with van der Waals surface area (Å²) in [5, 5.41) is 5.26. The molecule has 0 unspecified atom stereocenters. The van der Waals surface area contributed by atoms with E-state index in [4.69, 9.17) is 4.42 Å². The minimum atomic E-state index is -0.765.